The highest BCUT2D eigenvalue weighted by molar-refractivity contribution is 6.04. The van der Waals surface area contributed by atoms with Crippen LogP contribution in [0.4, 0.5) is 18.9 Å². The molecule has 0 radical (unpaired) electrons. The SMILES string of the molecule is Cc1cc(C(=O)OCC(=O)Nc2ccc(F)c(F)c2F)c2ccccc2n1. The van der Waals surface area contributed by atoms with E-state index in [4.69, 9.17) is 4.74 Å². The molecular weight excluding hydrogens is 361 g/mol. The van der Waals surface area contributed by atoms with Crippen molar-refractivity contribution in [3.8, 4) is 0 Å². The number of rotatable bonds is 4. The van der Waals surface area contributed by atoms with Crippen molar-refractivity contribution in [2.24, 2.45) is 0 Å². The minimum absolute atomic E-state index is 0.227. The van der Waals surface area contributed by atoms with Crippen molar-refractivity contribution in [3.63, 3.8) is 0 Å². The monoisotopic (exact) mass is 374 g/mol. The highest BCUT2D eigenvalue weighted by Crippen LogP contribution is 2.20. The van der Waals surface area contributed by atoms with Gasteiger partial charge in [0.2, 0.25) is 0 Å². The fourth-order valence-corrected chi connectivity index (χ4v) is 2.49. The average Bonchev–Trinajstić information content (AvgIpc) is 2.66. The Bertz CT molecular complexity index is 1050. The first kappa shape index (κ1) is 18.4. The van der Waals surface area contributed by atoms with E-state index in [2.05, 4.69) is 4.98 Å². The molecule has 2 aromatic carbocycles. The highest BCUT2D eigenvalue weighted by atomic mass is 19.2. The van der Waals surface area contributed by atoms with E-state index >= 15 is 0 Å². The van der Waals surface area contributed by atoms with Crippen LogP contribution in [0.1, 0.15) is 16.1 Å². The lowest BCUT2D eigenvalue weighted by molar-refractivity contribution is -0.119. The highest BCUT2D eigenvalue weighted by Gasteiger charge is 2.18. The zero-order valence-corrected chi connectivity index (χ0v) is 14.1. The Labute approximate surface area is 151 Å². The van der Waals surface area contributed by atoms with E-state index in [1.54, 1.807) is 31.2 Å². The van der Waals surface area contributed by atoms with E-state index in [-0.39, 0.29) is 5.56 Å². The number of halogens is 3. The van der Waals surface area contributed by atoms with Gasteiger partial charge < -0.3 is 10.1 Å². The number of amides is 1. The first-order valence-electron chi connectivity index (χ1n) is 7.83. The molecule has 1 aromatic heterocycles. The Hall–Kier alpha value is -3.42. The van der Waals surface area contributed by atoms with Gasteiger partial charge >= 0.3 is 5.97 Å². The molecule has 5 nitrogen and oxygen atoms in total. The Balaban J connectivity index is 1.71. The maximum atomic E-state index is 13.6. The van der Waals surface area contributed by atoms with Gasteiger partial charge in [-0.15, -0.1) is 0 Å². The van der Waals surface area contributed by atoms with Gasteiger partial charge in [-0.2, -0.15) is 0 Å². The fraction of sp³-hybridized carbons (Fsp3) is 0.105. The molecule has 1 N–H and O–H groups in total. The number of esters is 1. The number of anilines is 1. The zero-order valence-electron chi connectivity index (χ0n) is 14.1. The van der Waals surface area contributed by atoms with Crippen LogP contribution in [0.15, 0.2) is 42.5 Å². The number of nitrogens with zero attached hydrogens (tertiary/aromatic N) is 1. The second kappa shape index (κ2) is 7.45. The van der Waals surface area contributed by atoms with Gasteiger partial charge in [0.25, 0.3) is 5.91 Å². The lowest BCUT2D eigenvalue weighted by Crippen LogP contribution is -2.22. The summed E-state index contributed by atoms with van der Waals surface area (Å²) in [6, 6.07) is 9.99. The standard InChI is InChI=1S/C19H13F3N2O3/c1-10-8-12(11-4-2-3-5-14(11)23-10)19(26)27-9-16(25)24-15-7-6-13(20)17(21)18(15)22/h2-8H,9H2,1H3,(H,24,25). The normalized spacial score (nSPS) is 10.7. The number of nitrogens with one attached hydrogen (secondary N) is 1. The molecule has 0 aliphatic carbocycles. The maximum absolute atomic E-state index is 13.6. The van der Waals surface area contributed by atoms with Gasteiger partial charge in [0.05, 0.1) is 16.8 Å². The Morgan fingerprint density at radius 3 is 2.59 bits per heavy atom. The van der Waals surface area contributed by atoms with E-state index in [0.29, 0.717) is 22.7 Å². The molecule has 3 rings (SSSR count). The third-order valence-electron chi connectivity index (χ3n) is 3.71. The Morgan fingerprint density at radius 1 is 1.07 bits per heavy atom. The summed E-state index contributed by atoms with van der Waals surface area (Å²) in [5.41, 5.74) is 0.858. The molecular formula is C19H13F3N2O3. The predicted molar refractivity (Wildman–Crippen MR) is 91.7 cm³/mol. The molecule has 0 saturated heterocycles. The number of carbonyl (C=O) groups is 2. The fourth-order valence-electron chi connectivity index (χ4n) is 2.49. The number of benzene rings is 2. The smallest absolute Gasteiger partial charge is 0.339 e. The molecule has 3 aromatic rings. The van der Waals surface area contributed by atoms with E-state index < -0.39 is 41.6 Å². The molecule has 0 fully saturated rings. The lowest BCUT2D eigenvalue weighted by atomic mass is 10.1. The minimum atomic E-state index is -1.71. The number of pyridine rings is 1. The topological polar surface area (TPSA) is 68.3 Å². The quantitative estimate of drug-likeness (QED) is 0.558. The van der Waals surface area contributed by atoms with Crippen molar-refractivity contribution in [1.82, 2.24) is 4.98 Å². The van der Waals surface area contributed by atoms with Crippen LogP contribution in [0, 0.1) is 24.4 Å². The number of carbonyl (C=O) groups excluding carboxylic acids is 2. The average molecular weight is 374 g/mol. The van der Waals surface area contributed by atoms with Crippen LogP contribution in [0.25, 0.3) is 10.9 Å². The molecule has 0 unspecified atom stereocenters. The van der Waals surface area contributed by atoms with Gasteiger partial charge in [0.1, 0.15) is 0 Å². The third kappa shape index (κ3) is 3.89. The molecule has 0 saturated carbocycles. The third-order valence-corrected chi connectivity index (χ3v) is 3.71. The molecule has 0 aliphatic heterocycles. The minimum Gasteiger partial charge on any atom is -0.452 e. The first-order valence-corrected chi connectivity index (χ1v) is 7.83. The van der Waals surface area contributed by atoms with E-state index in [0.717, 1.165) is 6.07 Å². The Morgan fingerprint density at radius 2 is 1.81 bits per heavy atom. The number of hydrogen-bond acceptors (Lipinski definition) is 4. The van der Waals surface area contributed by atoms with E-state index in [9.17, 15) is 22.8 Å². The number of ether oxygens (including phenoxy) is 1. The van der Waals surface area contributed by atoms with Gasteiger partial charge in [-0.1, -0.05) is 18.2 Å². The van der Waals surface area contributed by atoms with Gasteiger partial charge in [0.15, 0.2) is 24.1 Å². The van der Waals surface area contributed by atoms with Crippen LogP contribution in [0.2, 0.25) is 0 Å². The first-order chi connectivity index (χ1) is 12.9. The van der Waals surface area contributed by atoms with Gasteiger partial charge in [-0.05, 0) is 31.2 Å². The summed E-state index contributed by atoms with van der Waals surface area (Å²) in [6.45, 7) is 0.981. The van der Waals surface area contributed by atoms with Crippen LogP contribution >= 0.6 is 0 Å². The molecule has 0 aliphatic rings. The second-order valence-corrected chi connectivity index (χ2v) is 5.68. The summed E-state index contributed by atoms with van der Waals surface area (Å²) in [4.78, 5) is 28.5. The molecule has 8 heteroatoms. The predicted octanol–water partition coefficient (Wildman–Crippen LogP) is 3.76. The van der Waals surface area contributed by atoms with Crippen LogP contribution < -0.4 is 5.32 Å². The molecule has 1 heterocycles. The number of aryl methyl sites for hydroxylation is 1. The summed E-state index contributed by atoms with van der Waals surface area (Å²) in [6.07, 6.45) is 0. The summed E-state index contributed by atoms with van der Waals surface area (Å²) in [7, 11) is 0. The Kier molecular flexibility index (Phi) is 5.07. The van der Waals surface area contributed by atoms with Crippen LogP contribution in [-0.4, -0.2) is 23.5 Å². The van der Waals surface area contributed by atoms with Crippen LogP contribution in [-0.2, 0) is 9.53 Å². The summed E-state index contributed by atoms with van der Waals surface area (Å²) in [5.74, 6) is -6.29. The van der Waals surface area contributed by atoms with Crippen LogP contribution in [0.5, 0.6) is 0 Å². The summed E-state index contributed by atoms with van der Waals surface area (Å²) < 4.78 is 44.6. The van der Waals surface area contributed by atoms with Crippen molar-refractivity contribution < 1.29 is 27.5 Å². The van der Waals surface area contributed by atoms with E-state index in [1.807, 2.05) is 5.32 Å². The second-order valence-electron chi connectivity index (χ2n) is 5.68. The van der Waals surface area contributed by atoms with Gasteiger partial charge in [-0.25, -0.2) is 18.0 Å². The summed E-state index contributed by atoms with van der Waals surface area (Å²) >= 11 is 0. The molecule has 1 amide bonds. The van der Waals surface area contributed by atoms with Crippen molar-refractivity contribution in [2.75, 3.05) is 11.9 Å². The number of hydrogen-bond donors (Lipinski definition) is 1. The number of aromatic nitrogens is 1. The van der Waals surface area contributed by atoms with Gasteiger partial charge in [0, 0.05) is 11.1 Å². The van der Waals surface area contributed by atoms with Crippen molar-refractivity contribution in [1.29, 1.82) is 0 Å². The van der Waals surface area contributed by atoms with Crippen LogP contribution in [0.3, 0.4) is 0 Å². The molecule has 27 heavy (non-hydrogen) atoms. The van der Waals surface area contributed by atoms with E-state index in [1.165, 1.54) is 6.07 Å². The largest absolute Gasteiger partial charge is 0.452 e. The maximum Gasteiger partial charge on any atom is 0.339 e. The van der Waals surface area contributed by atoms with Gasteiger partial charge in [-0.3, -0.25) is 9.78 Å². The zero-order chi connectivity index (χ0) is 19.6. The van der Waals surface area contributed by atoms with Crippen molar-refractivity contribution in [3.05, 3.63) is 71.2 Å². The van der Waals surface area contributed by atoms with Crippen molar-refractivity contribution in [2.45, 2.75) is 6.92 Å². The molecule has 0 spiro atoms. The molecule has 138 valence electrons. The van der Waals surface area contributed by atoms with Crippen molar-refractivity contribution >= 4 is 28.5 Å². The lowest BCUT2D eigenvalue weighted by Gasteiger charge is -2.10. The number of para-hydroxylation sites is 1. The molecule has 0 bridgehead atoms. The molecule has 0 atom stereocenters. The number of fused-ring (bicyclic) bond motifs is 1. The summed E-state index contributed by atoms with van der Waals surface area (Å²) in [5, 5.41) is 2.58.